The Morgan fingerprint density at radius 3 is 2.47 bits per heavy atom. The van der Waals surface area contributed by atoms with Gasteiger partial charge in [-0.25, -0.2) is 4.98 Å². The van der Waals surface area contributed by atoms with Crippen LogP contribution in [0, 0.1) is 0 Å². The molecule has 0 aliphatic heterocycles. The van der Waals surface area contributed by atoms with Gasteiger partial charge in [0.2, 0.25) is 0 Å². The molecule has 17 heavy (non-hydrogen) atoms. The maximum atomic E-state index is 13.4. The summed E-state index contributed by atoms with van der Waals surface area (Å²) in [5, 5.41) is -4.43. The normalized spacial score (nSPS) is 13.2. The predicted octanol–water partition coefficient (Wildman–Crippen LogP) is 1.51. The van der Waals surface area contributed by atoms with Gasteiger partial charge in [-0.2, -0.15) is 17.2 Å². The standard InChI is InChI=1S/C9H8F2N2O3S/c1-13-7-5-3-2-4-6(7)12-8(13)9(10,11)17(14,15)16/h2-5H,1H3,(H,14,15,16). The first-order chi connectivity index (χ1) is 7.75. The van der Waals surface area contributed by atoms with Crippen LogP contribution in [-0.4, -0.2) is 22.5 Å². The molecule has 5 nitrogen and oxygen atoms in total. The van der Waals surface area contributed by atoms with Gasteiger partial charge in [0.05, 0.1) is 11.0 Å². The van der Waals surface area contributed by atoms with E-state index in [1.165, 1.54) is 19.2 Å². The molecule has 0 saturated carbocycles. The van der Waals surface area contributed by atoms with Gasteiger partial charge < -0.3 is 4.57 Å². The first-order valence-corrected chi connectivity index (χ1v) is 5.96. The number of alkyl halides is 2. The highest BCUT2D eigenvalue weighted by molar-refractivity contribution is 7.86. The summed E-state index contributed by atoms with van der Waals surface area (Å²) in [6, 6.07) is 6.19. The minimum Gasteiger partial charge on any atom is -0.325 e. The molecule has 0 radical (unpaired) electrons. The van der Waals surface area contributed by atoms with Crippen molar-refractivity contribution in [2.24, 2.45) is 7.05 Å². The van der Waals surface area contributed by atoms with E-state index in [1.54, 1.807) is 12.1 Å². The largest absolute Gasteiger partial charge is 0.426 e. The number of halogens is 2. The van der Waals surface area contributed by atoms with E-state index in [0.717, 1.165) is 4.57 Å². The van der Waals surface area contributed by atoms with E-state index >= 15 is 0 Å². The molecular formula is C9H8F2N2O3S. The van der Waals surface area contributed by atoms with Crippen molar-refractivity contribution in [1.82, 2.24) is 9.55 Å². The number of benzene rings is 1. The Balaban J connectivity index is 2.77. The van der Waals surface area contributed by atoms with Crippen LogP contribution >= 0.6 is 0 Å². The fourth-order valence-corrected chi connectivity index (χ4v) is 1.93. The molecule has 0 unspecified atom stereocenters. The molecule has 0 bridgehead atoms. The molecule has 1 heterocycles. The van der Waals surface area contributed by atoms with E-state index in [-0.39, 0.29) is 5.52 Å². The van der Waals surface area contributed by atoms with Crippen LogP contribution in [0.15, 0.2) is 24.3 Å². The van der Waals surface area contributed by atoms with Gasteiger partial charge in [-0.3, -0.25) is 4.55 Å². The second kappa shape index (κ2) is 3.47. The topological polar surface area (TPSA) is 72.2 Å². The number of hydrogen-bond acceptors (Lipinski definition) is 3. The summed E-state index contributed by atoms with van der Waals surface area (Å²) in [6.07, 6.45) is 0. The summed E-state index contributed by atoms with van der Waals surface area (Å²) in [4.78, 5) is 3.52. The molecule has 92 valence electrons. The molecule has 0 atom stereocenters. The molecule has 1 N–H and O–H groups in total. The number of hydrogen-bond donors (Lipinski definition) is 1. The summed E-state index contributed by atoms with van der Waals surface area (Å²) in [7, 11) is -4.29. The first-order valence-electron chi connectivity index (χ1n) is 4.52. The summed E-state index contributed by atoms with van der Waals surface area (Å²) in [5.74, 6) is -1.01. The van der Waals surface area contributed by atoms with Gasteiger partial charge in [0, 0.05) is 7.05 Å². The zero-order chi connectivity index (χ0) is 12.8. The van der Waals surface area contributed by atoms with E-state index in [1.807, 2.05) is 0 Å². The Bertz CT molecular complexity index is 679. The fourth-order valence-electron chi connectivity index (χ4n) is 1.52. The Labute approximate surface area is 95.4 Å². The van der Waals surface area contributed by atoms with Crippen LogP contribution < -0.4 is 0 Å². The lowest BCUT2D eigenvalue weighted by atomic mass is 10.3. The van der Waals surface area contributed by atoms with Crippen molar-refractivity contribution < 1.29 is 21.8 Å². The van der Waals surface area contributed by atoms with Gasteiger partial charge in [0.15, 0.2) is 5.82 Å². The summed E-state index contributed by atoms with van der Waals surface area (Å²) in [6.45, 7) is 0. The van der Waals surface area contributed by atoms with Crippen molar-refractivity contribution in [2.45, 2.75) is 5.25 Å². The zero-order valence-corrected chi connectivity index (χ0v) is 9.45. The summed E-state index contributed by atoms with van der Waals surface area (Å²) in [5.41, 5.74) is 0.583. The monoisotopic (exact) mass is 262 g/mol. The molecule has 1 aromatic heterocycles. The molecule has 2 aromatic rings. The smallest absolute Gasteiger partial charge is 0.325 e. The van der Waals surface area contributed by atoms with Crippen molar-refractivity contribution in [3.63, 3.8) is 0 Å². The SMILES string of the molecule is Cn1c(C(F)(F)S(=O)(=O)O)nc2ccccc21. The lowest BCUT2D eigenvalue weighted by Crippen LogP contribution is -2.28. The maximum Gasteiger partial charge on any atom is 0.426 e. The lowest BCUT2D eigenvalue weighted by Gasteiger charge is -2.12. The lowest BCUT2D eigenvalue weighted by molar-refractivity contribution is 0.0667. The third kappa shape index (κ3) is 1.69. The van der Waals surface area contributed by atoms with Crippen molar-refractivity contribution in [3.8, 4) is 0 Å². The minimum absolute atomic E-state index is 0.230. The molecule has 0 aliphatic rings. The van der Waals surface area contributed by atoms with Gasteiger partial charge in [-0.15, -0.1) is 0 Å². The minimum atomic E-state index is -5.54. The van der Waals surface area contributed by atoms with Crippen molar-refractivity contribution in [3.05, 3.63) is 30.1 Å². The Morgan fingerprint density at radius 1 is 1.35 bits per heavy atom. The molecule has 1 aromatic carbocycles. The Kier molecular flexibility index (Phi) is 2.44. The van der Waals surface area contributed by atoms with Gasteiger partial charge in [0.25, 0.3) is 0 Å². The molecule has 0 fully saturated rings. The van der Waals surface area contributed by atoms with Crippen LogP contribution in [0.4, 0.5) is 8.78 Å². The van der Waals surface area contributed by atoms with Crippen LogP contribution in [-0.2, 0) is 22.4 Å². The first kappa shape index (κ1) is 11.9. The van der Waals surface area contributed by atoms with Gasteiger partial charge in [0.1, 0.15) is 0 Å². The van der Waals surface area contributed by atoms with Crippen LogP contribution in [0.2, 0.25) is 0 Å². The van der Waals surface area contributed by atoms with E-state index in [0.29, 0.717) is 5.52 Å². The van der Waals surface area contributed by atoms with Crippen LogP contribution in [0.5, 0.6) is 0 Å². The molecular weight excluding hydrogens is 254 g/mol. The van der Waals surface area contributed by atoms with Crippen molar-refractivity contribution in [1.29, 1.82) is 0 Å². The second-order valence-corrected chi connectivity index (χ2v) is 4.94. The zero-order valence-electron chi connectivity index (χ0n) is 8.63. The van der Waals surface area contributed by atoms with Crippen molar-refractivity contribution in [2.75, 3.05) is 0 Å². The van der Waals surface area contributed by atoms with Crippen LogP contribution in [0.1, 0.15) is 5.82 Å². The molecule has 0 saturated heterocycles. The second-order valence-electron chi connectivity index (χ2n) is 3.47. The van der Waals surface area contributed by atoms with Crippen LogP contribution in [0.3, 0.4) is 0 Å². The molecule has 8 heteroatoms. The number of fused-ring (bicyclic) bond motifs is 1. The van der Waals surface area contributed by atoms with E-state index < -0.39 is 21.2 Å². The average molecular weight is 262 g/mol. The van der Waals surface area contributed by atoms with Gasteiger partial charge >= 0.3 is 15.4 Å². The van der Waals surface area contributed by atoms with E-state index in [4.69, 9.17) is 4.55 Å². The fraction of sp³-hybridized carbons (Fsp3) is 0.222. The number of para-hydroxylation sites is 2. The predicted molar refractivity (Wildman–Crippen MR) is 56.2 cm³/mol. The number of imidazole rings is 1. The molecule has 0 aliphatic carbocycles. The average Bonchev–Trinajstić information content (AvgIpc) is 2.56. The van der Waals surface area contributed by atoms with Crippen LogP contribution in [0.25, 0.3) is 11.0 Å². The van der Waals surface area contributed by atoms with E-state index in [2.05, 4.69) is 4.98 Å². The highest BCUT2D eigenvalue weighted by Gasteiger charge is 2.50. The Hall–Kier alpha value is -1.54. The molecule has 0 amide bonds. The number of nitrogens with zero attached hydrogens (tertiary/aromatic N) is 2. The number of rotatable bonds is 2. The van der Waals surface area contributed by atoms with Crippen molar-refractivity contribution >= 4 is 21.2 Å². The maximum absolute atomic E-state index is 13.4. The molecule has 2 rings (SSSR count). The number of aryl methyl sites for hydroxylation is 1. The molecule has 0 spiro atoms. The highest BCUT2D eigenvalue weighted by atomic mass is 32.2. The summed E-state index contributed by atoms with van der Waals surface area (Å²) >= 11 is 0. The van der Waals surface area contributed by atoms with E-state index in [9.17, 15) is 17.2 Å². The summed E-state index contributed by atoms with van der Waals surface area (Å²) < 4.78 is 57.6. The van der Waals surface area contributed by atoms with Gasteiger partial charge in [-0.05, 0) is 12.1 Å². The Morgan fingerprint density at radius 2 is 1.94 bits per heavy atom. The number of aromatic nitrogens is 2. The third-order valence-corrected chi connectivity index (χ3v) is 3.20. The quantitative estimate of drug-likeness (QED) is 0.833. The highest BCUT2D eigenvalue weighted by Crippen LogP contribution is 2.33. The third-order valence-electron chi connectivity index (χ3n) is 2.37. The van der Waals surface area contributed by atoms with Gasteiger partial charge in [-0.1, -0.05) is 12.1 Å².